The maximum absolute atomic E-state index is 11.3. The standard InChI is InChI=1S/C15H16N4O2S2/c1-10(15-18-12-5-3-4-6-13(12)22-15)19(2)14-8-7-11(9-17-14)23(16,20)21/h3-10H,1-2H3,(H2,16,20,21)/p+1/t10-/m0/s1. The molecule has 1 aromatic carbocycles. The van der Waals surface area contributed by atoms with Gasteiger partial charge >= 0.3 is 0 Å². The Kier molecular flexibility index (Phi) is 4.05. The SMILES string of the molecule is C[C@@H](c1nc2ccccc2s1)N(C)c1ccc(S(N)(=O)=O)c[nH+]1. The van der Waals surface area contributed by atoms with Gasteiger partial charge in [0.1, 0.15) is 22.1 Å². The molecule has 0 fully saturated rings. The summed E-state index contributed by atoms with van der Waals surface area (Å²) in [5.74, 6) is 0.782. The van der Waals surface area contributed by atoms with Crippen molar-refractivity contribution < 1.29 is 13.4 Å². The van der Waals surface area contributed by atoms with Crippen molar-refractivity contribution in [3.63, 3.8) is 0 Å². The zero-order chi connectivity index (χ0) is 16.6. The minimum absolute atomic E-state index is 0.0454. The summed E-state index contributed by atoms with van der Waals surface area (Å²) in [5.41, 5.74) is 0.987. The molecule has 120 valence electrons. The fraction of sp³-hybridized carbons (Fsp3) is 0.200. The summed E-state index contributed by atoms with van der Waals surface area (Å²) in [6, 6.07) is 11.2. The number of nitrogens with one attached hydrogen (secondary N) is 1. The zero-order valence-electron chi connectivity index (χ0n) is 12.7. The summed E-state index contributed by atoms with van der Waals surface area (Å²) < 4.78 is 23.8. The Hall–Kier alpha value is -2.03. The number of sulfonamides is 1. The van der Waals surface area contributed by atoms with Crippen molar-refractivity contribution in [2.45, 2.75) is 17.9 Å². The Morgan fingerprint density at radius 3 is 2.61 bits per heavy atom. The molecule has 0 unspecified atom stereocenters. The van der Waals surface area contributed by atoms with Crippen LogP contribution in [-0.2, 0) is 10.0 Å². The first kappa shape index (κ1) is 15.9. The number of primary sulfonamides is 1. The molecule has 3 N–H and O–H groups in total. The lowest BCUT2D eigenvalue weighted by Crippen LogP contribution is -2.28. The van der Waals surface area contributed by atoms with Crippen LogP contribution in [0.4, 0.5) is 5.82 Å². The molecule has 3 aromatic rings. The van der Waals surface area contributed by atoms with Crippen molar-refractivity contribution in [1.82, 2.24) is 4.98 Å². The fourth-order valence-electron chi connectivity index (χ4n) is 2.24. The van der Waals surface area contributed by atoms with Gasteiger partial charge in [-0.1, -0.05) is 12.1 Å². The first-order valence-corrected chi connectivity index (χ1v) is 9.35. The van der Waals surface area contributed by atoms with Crippen molar-refractivity contribution in [2.75, 3.05) is 11.9 Å². The fourth-order valence-corrected chi connectivity index (χ4v) is 3.79. The van der Waals surface area contributed by atoms with Gasteiger partial charge in [-0.15, -0.1) is 11.3 Å². The van der Waals surface area contributed by atoms with Gasteiger partial charge in [0, 0.05) is 6.07 Å². The summed E-state index contributed by atoms with van der Waals surface area (Å²) in [6.45, 7) is 2.05. The molecule has 0 radical (unpaired) electrons. The molecule has 0 saturated carbocycles. The number of hydrogen-bond acceptors (Lipinski definition) is 5. The van der Waals surface area contributed by atoms with E-state index in [1.165, 1.54) is 12.3 Å². The van der Waals surface area contributed by atoms with Crippen LogP contribution in [-0.4, -0.2) is 20.4 Å². The van der Waals surface area contributed by atoms with Crippen LogP contribution in [0.5, 0.6) is 0 Å². The molecule has 0 amide bonds. The number of rotatable bonds is 4. The second-order valence-corrected chi connectivity index (χ2v) is 7.88. The largest absolute Gasteiger partial charge is 0.274 e. The number of para-hydroxylation sites is 1. The number of fused-ring (bicyclic) bond motifs is 1. The molecular formula is C15H17N4O2S2+. The lowest BCUT2D eigenvalue weighted by molar-refractivity contribution is -0.367. The topological polar surface area (TPSA) is 90.4 Å². The van der Waals surface area contributed by atoms with Crippen LogP contribution in [0.2, 0.25) is 0 Å². The Balaban J connectivity index is 1.88. The molecule has 8 heteroatoms. The maximum atomic E-state index is 11.3. The van der Waals surface area contributed by atoms with Crippen LogP contribution in [0.25, 0.3) is 10.2 Å². The number of nitrogens with zero attached hydrogens (tertiary/aromatic N) is 2. The first-order valence-electron chi connectivity index (χ1n) is 6.99. The third-order valence-corrected chi connectivity index (χ3v) is 5.84. The number of hydrogen-bond donors (Lipinski definition) is 1. The number of aromatic nitrogens is 2. The number of pyridine rings is 1. The van der Waals surface area contributed by atoms with Crippen LogP contribution < -0.4 is 15.0 Å². The number of aromatic amines is 1. The van der Waals surface area contributed by atoms with E-state index in [0.29, 0.717) is 0 Å². The van der Waals surface area contributed by atoms with Crippen LogP contribution in [0.3, 0.4) is 0 Å². The van der Waals surface area contributed by atoms with Crippen molar-refractivity contribution in [3.05, 3.63) is 47.6 Å². The zero-order valence-corrected chi connectivity index (χ0v) is 14.4. The highest BCUT2D eigenvalue weighted by Crippen LogP contribution is 2.30. The Labute approximate surface area is 138 Å². The highest BCUT2D eigenvalue weighted by Gasteiger charge is 2.23. The van der Waals surface area contributed by atoms with Gasteiger partial charge < -0.3 is 0 Å². The van der Waals surface area contributed by atoms with Crippen LogP contribution in [0, 0.1) is 0 Å². The molecule has 23 heavy (non-hydrogen) atoms. The second kappa shape index (κ2) is 5.88. The predicted octanol–water partition coefficient (Wildman–Crippen LogP) is 1.96. The Bertz CT molecular complexity index is 903. The average molecular weight is 349 g/mol. The second-order valence-electron chi connectivity index (χ2n) is 5.26. The third-order valence-electron chi connectivity index (χ3n) is 3.73. The highest BCUT2D eigenvalue weighted by molar-refractivity contribution is 7.89. The van der Waals surface area contributed by atoms with Gasteiger partial charge in [0.05, 0.1) is 17.3 Å². The number of nitrogens with two attached hydrogens (primary N) is 1. The molecule has 0 aliphatic heterocycles. The molecule has 0 aliphatic carbocycles. The summed E-state index contributed by atoms with van der Waals surface area (Å²) in [4.78, 5) is 9.70. The molecule has 0 aliphatic rings. The molecule has 1 atom stereocenters. The number of anilines is 1. The molecule has 0 saturated heterocycles. The quantitative estimate of drug-likeness (QED) is 0.779. The van der Waals surface area contributed by atoms with Crippen LogP contribution in [0.15, 0.2) is 47.5 Å². The summed E-state index contributed by atoms with van der Waals surface area (Å²) >= 11 is 1.65. The third kappa shape index (κ3) is 3.19. The summed E-state index contributed by atoms with van der Waals surface area (Å²) in [7, 11) is -1.77. The minimum Gasteiger partial charge on any atom is -0.255 e. The van der Waals surface area contributed by atoms with Gasteiger partial charge in [-0.05, 0) is 25.1 Å². The number of H-pyrrole nitrogens is 1. The minimum atomic E-state index is -3.70. The smallest absolute Gasteiger partial charge is 0.255 e. The van der Waals surface area contributed by atoms with Gasteiger partial charge in [-0.2, -0.15) is 0 Å². The van der Waals surface area contributed by atoms with E-state index >= 15 is 0 Å². The monoisotopic (exact) mass is 349 g/mol. The molecule has 0 bridgehead atoms. The number of benzene rings is 1. The lowest BCUT2D eigenvalue weighted by Gasteiger charge is -2.17. The van der Waals surface area contributed by atoms with Gasteiger partial charge in [-0.3, -0.25) is 4.90 Å². The Morgan fingerprint density at radius 2 is 2.00 bits per heavy atom. The molecule has 0 spiro atoms. The van der Waals surface area contributed by atoms with E-state index in [4.69, 9.17) is 5.14 Å². The predicted molar refractivity (Wildman–Crippen MR) is 90.8 cm³/mol. The molecular weight excluding hydrogens is 332 g/mol. The normalized spacial score (nSPS) is 13.2. The molecule has 3 rings (SSSR count). The number of thiazole rings is 1. The van der Waals surface area contributed by atoms with Crippen molar-refractivity contribution in [3.8, 4) is 0 Å². The summed E-state index contributed by atoms with van der Waals surface area (Å²) in [6.07, 6.45) is 1.40. The van der Waals surface area contributed by atoms with Crippen molar-refractivity contribution >= 4 is 37.4 Å². The Morgan fingerprint density at radius 1 is 1.26 bits per heavy atom. The van der Waals surface area contributed by atoms with Gasteiger partial charge in [0.2, 0.25) is 10.0 Å². The van der Waals surface area contributed by atoms with E-state index in [1.54, 1.807) is 17.4 Å². The maximum Gasteiger partial charge on any atom is 0.274 e. The highest BCUT2D eigenvalue weighted by atomic mass is 32.2. The van der Waals surface area contributed by atoms with E-state index in [2.05, 4.69) is 23.0 Å². The molecule has 6 nitrogen and oxygen atoms in total. The van der Waals surface area contributed by atoms with Gasteiger partial charge in [0.15, 0.2) is 0 Å². The van der Waals surface area contributed by atoms with E-state index < -0.39 is 10.0 Å². The van der Waals surface area contributed by atoms with E-state index in [-0.39, 0.29) is 10.9 Å². The van der Waals surface area contributed by atoms with Gasteiger partial charge in [-0.25, -0.2) is 23.5 Å². The van der Waals surface area contributed by atoms with Crippen molar-refractivity contribution in [2.24, 2.45) is 5.14 Å². The van der Waals surface area contributed by atoms with Crippen LogP contribution in [0.1, 0.15) is 18.0 Å². The first-order chi connectivity index (χ1) is 10.9. The lowest BCUT2D eigenvalue weighted by atomic mass is 10.3. The van der Waals surface area contributed by atoms with E-state index in [0.717, 1.165) is 21.0 Å². The van der Waals surface area contributed by atoms with Crippen molar-refractivity contribution in [1.29, 1.82) is 0 Å². The van der Waals surface area contributed by atoms with E-state index in [9.17, 15) is 8.42 Å². The van der Waals surface area contributed by atoms with Gasteiger partial charge in [0.25, 0.3) is 5.82 Å². The molecule has 2 heterocycles. The summed E-state index contributed by atoms with van der Waals surface area (Å²) in [5, 5.41) is 6.10. The average Bonchev–Trinajstić information content (AvgIpc) is 2.96. The van der Waals surface area contributed by atoms with E-state index in [1.807, 2.05) is 30.1 Å². The molecule has 2 aromatic heterocycles. The van der Waals surface area contributed by atoms with Crippen LogP contribution >= 0.6 is 11.3 Å².